The molecule has 1 aromatic heterocycles. The maximum absolute atomic E-state index is 5.49. The van der Waals surface area contributed by atoms with E-state index < -0.39 is 0 Å². The molecule has 0 amide bonds. The smallest absolute Gasteiger partial charge is 0.166 e. The zero-order valence-corrected chi connectivity index (χ0v) is 7.44. The fraction of sp³-hybridized carbons (Fsp3) is 0.400. The molecule has 5 heteroatoms. The number of halogens is 1. The van der Waals surface area contributed by atoms with Crippen LogP contribution >= 0.6 is 15.9 Å². The number of anilines is 2. The van der Waals surface area contributed by atoms with Crippen LogP contribution < -0.4 is 10.6 Å². The zero-order valence-electron chi connectivity index (χ0n) is 5.85. The van der Waals surface area contributed by atoms with Crippen LogP contribution in [0.2, 0.25) is 0 Å². The molecule has 1 rings (SSSR count). The second-order valence-corrected chi connectivity index (χ2v) is 2.96. The van der Waals surface area contributed by atoms with Crippen LogP contribution in [0.15, 0.2) is 4.47 Å². The first kappa shape index (κ1) is 7.40. The van der Waals surface area contributed by atoms with Crippen molar-refractivity contribution >= 4 is 27.6 Å². The molecule has 0 aromatic carbocycles. The second kappa shape index (κ2) is 2.49. The van der Waals surface area contributed by atoms with E-state index in [0.717, 1.165) is 10.3 Å². The third-order valence-corrected chi connectivity index (χ3v) is 1.92. The number of rotatable bonds is 1. The zero-order chi connectivity index (χ0) is 7.72. The molecule has 1 heterocycles. The van der Waals surface area contributed by atoms with Gasteiger partial charge in [0.15, 0.2) is 5.82 Å². The summed E-state index contributed by atoms with van der Waals surface area (Å²) in [5.41, 5.74) is 5.49. The van der Waals surface area contributed by atoms with Gasteiger partial charge in [0.05, 0.1) is 0 Å². The van der Waals surface area contributed by atoms with Gasteiger partial charge in [0.2, 0.25) is 0 Å². The molecule has 0 bridgehead atoms. The van der Waals surface area contributed by atoms with E-state index in [2.05, 4.69) is 26.1 Å². The summed E-state index contributed by atoms with van der Waals surface area (Å²) in [6.07, 6.45) is 0. The summed E-state index contributed by atoms with van der Waals surface area (Å²) in [5, 5.41) is 6.60. The van der Waals surface area contributed by atoms with Gasteiger partial charge < -0.3 is 10.6 Å². The molecule has 0 radical (unpaired) electrons. The Hall–Kier alpha value is -0.710. The van der Waals surface area contributed by atoms with Gasteiger partial charge in [-0.2, -0.15) is 5.10 Å². The average Bonchev–Trinajstić information content (AvgIpc) is 2.14. The lowest BCUT2D eigenvalue weighted by atomic mass is 10.5. The Morgan fingerprint density at radius 3 is 2.40 bits per heavy atom. The van der Waals surface area contributed by atoms with Gasteiger partial charge in [-0.3, -0.25) is 5.10 Å². The van der Waals surface area contributed by atoms with Gasteiger partial charge in [0.1, 0.15) is 10.3 Å². The SMILES string of the molecule is CN(C)c1n[nH]c(N)c1Br. The van der Waals surface area contributed by atoms with E-state index in [-0.39, 0.29) is 0 Å². The van der Waals surface area contributed by atoms with Gasteiger partial charge in [-0.05, 0) is 15.9 Å². The van der Waals surface area contributed by atoms with Crippen LogP contribution in [-0.4, -0.2) is 24.3 Å². The molecule has 0 atom stereocenters. The first-order chi connectivity index (χ1) is 4.63. The Bertz CT molecular complexity index is 230. The third-order valence-electron chi connectivity index (χ3n) is 1.14. The van der Waals surface area contributed by atoms with Crippen molar-refractivity contribution in [3.05, 3.63) is 4.47 Å². The molecule has 0 spiro atoms. The van der Waals surface area contributed by atoms with Gasteiger partial charge in [-0.15, -0.1) is 0 Å². The van der Waals surface area contributed by atoms with Crippen LogP contribution in [0.3, 0.4) is 0 Å². The number of nitrogens with two attached hydrogens (primary N) is 1. The number of nitrogen functional groups attached to an aromatic ring is 1. The molecule has 10 heavy (non-hydrogen) atoms. The number of aromatic amines is 1. The van der Waals surface area contributed by atoms with Crippen LogP contribution in [0.25, 0.3) is 0 Å². The van der Waals surface area contributed by atoms with Gasteiger partial charge in [-0.25, -0.2) is 0 Å². The first-order valence-corrected chi connectivity index (χ1v) is 3.59. The number of aromatic nitrogens is 2. The molecular weight excluding hydrogens is 196 g/mol. The topological polar surface area (TPSA) is 57.9 Å². The van der Waals surface area contributed by atoms with Crippen molar-refractivity contribution in [3.8, 4) is 0 Å². The van der Waals surface area contributed by atoms with Gasteiger partial charge in [-0.1, -0.05) is 0 Å². The number of H-pyrrole nitrogens is 1. The molecule has 0 fully saturated rings. The highest BCUT2D eigenvalue weighted by Gasteiger charge is 2.07. The quantitative estimate of drug-likeness (QED) is 0.713. The molecule has 0 aliphatic rings. The van der Waals surface area contributed by atoms with Crippen molar-refractivity contribution < 1.29 is 0 Å². The molecule has 4 nitrogen and oxygen atoms in total. The molecule has 0 unspecified atom stereocenters. The van der Waals surface area contributed by atoms with E-state index in [0.29, 0.717) is 5.82 Å². The Morgan fingerprint density at radius 1 is 1.60 bits per heavy atom. The maximum Gasteiger partial charge on any atom is 0.166 e. The Balaban J connectivity index is 3.05. The van der Waals surface area contributed by atoms with E-state index >= 15 is 0 Å². The predicted octanol–water partition coefficient (Wildman–Crippen LogP) is 0.820. The summed E-state index contributed by atoms with van der Waals surface area (Å²) in [5.74, 6) is 1.38. The van der Waals surface area contributed by atoms with E-state index in [1.807, 2.05) is 19.0 Å². The van der Waals surface area contributed by atoms with Crippen molar-refractivity contribution in [1.82, 2.24) is 10.2 Å². The molecule has 0 aliphatic carbocycles. The molecule has 0 saturated carbocycles. The normalized spacial score (nSPS) is 9.90. The summed E-state index contributed by atoms with van der Waals surface area (Å²) in [6, 6.07) is 0. The fourth-order valence-electron chi connectivity index (χ4n) is 0.628. The van der Waals surface area contributed by atoms with E-state index in [4.69, 9.17) is 5.73 Å². The molecule has 3 N–H and O–H groups in total. The molecular formula is C5H9BrN4. The maximum atomic E-state index is 5.49. The summed E-state index contributed by atoms with van der Waals surface area (Å²) in [4.78, 5) is 1.87. The largest absolute Gasteiger partial charge is 0.383 e. The standard InChI is InChI=1S/C5H9BrN4/c1-10(2)5-3(6)4(7)8-9-5/h1-2H3,(H3,7,8,9). The van der Waals surface area contributed by atoms with E-state index in [1.165, 1.54) is 0 Å². The molecule has 1 aromatic rings. The highest BCUT2D eigenvalue weighted by Crippen LogP contribution is 2.26. The predicted molar refractivity (Wildman–Crippen MR) is 45.0 cm³/mol. The molecule has 0 saturated heterocycles. The highest BCUT2D eigenvalue weighted by atomic mass is 79.9. The average molecular weight is 205 g/mol. The summed E-state index contributed by atoms with van der Waals surface area (Å²) >= 11 is 3.29. The lowest BCUT2D eigenvalue weighted by Crippen LogP contribution is -2.09. The lowest BCUT2D eigenvalue weighted by Gasteiger charge is -2.07. The van der Waals surface area contributed by atoms with Crippen molar-refractivity contribution in [3.63, 3.8) is 0 Å². The number of nitrogens with zero attached hydrogens (tertiary/aromatic N) is 2. The minimum absolute atomic E-state index is 0.559. The van der Waals surface area contributed by atoms with Crippen LogP contribution in [0.5, 0.6) is 0 Å². The second-order valence-electron chi connectivity index (χ2n) is 2.17. The van der Waals surface area contributed by atoms with Gasteiger partial charge in [0.25, 0.3) is 0 Å². The molecule has 0 aliphatic heterocycles. The summed E-state index contributed by atoms with van der Waals surface area (Å²) in [7, 11) is 3.81. The molecule has 56 valence electrons. The first-order valence-electron chi connectivity index (χ1n) is 2.79. The van der Waals surface area contributed by atoms with Crippen LogP contribution in [0, 0.1) is 0 Å². The number of hydrogen-bond acceptors (Lipinski definition) is 3. The van der Waals surface area contributed by atoms with Gasteiger partial charge in [0, 0.05) is 14.1 Å². The lowest BCUT2D eigenvalue weighted by molar-refractivity contribution is 1.01. The monoisotopic (exact) mass is 204 g/mol. The van der Waals surface area contributed by atoms with E-state index in [9.17, 15) is 0 Å². The van der Waals surface area contributed by atoms with Crippen molar-refractivity contribution in [2.24, 2.45) is 0 Å². The van der Waals surface area contributed by atoms with Crippen molar-refractivity contribution in [2.45, 2.75) is 0 Å². The number of hydrogen-bond donors (Lipinski definition) is 2. The summed E-state index contributed by atoms with van der Waals surface area (Å²) in [6.45, 7) is 0. The minimum Gasteiger partial charge on any atom is -0.383 e. The third kappa shape index (κ3) is 1.09. The Kier molecular flexibility index (Phi) is 1.85. The van der Waals surface area contributed by atoms with Crippen LogP contribution in [0.4, 0.5) is 11.6 Å². The highest BCUT2D eigenvalue weighted by molar-refractivity contribution is 9.10. The minimum atomic E-state index is 0.559. The fourth-order valence-corrected chi connectivity index (χ4v) is 1.16. The van der Waals surface area contributed by atoms with Crippen LogP contribution in [-0.2, 0) is 0 Å². The van der Waals surface area contributed by atoms with Gasteiger partial charge >= 0.3 is 0 Å². The summed E-state index contributed by atoms with van der Waals surface area (Å²) < 4.78 is 0.817. The Morgan fingerprint density at radius 2 is 2.20 bits per heavy atom. The van der Waals surface area contributed by atoms with Crippen LogP contribution in [0.1, 0.15) is 0 Å². The van der Waals surface area contributed by atoms with Crippen molar-refractivity contribution in [1.29, 1.82) is 0 Å². The van der Waals surface area contributed by atoms with E-state index in [1.54, 1.807) is 0 Å². The number of nitrogens with one attached hydrogen (secondary N) is 1. The van der Waals surface area contributed by atoms with Crippen molar-refractivity contribution in [2.75, 3.05) is 24.7 Å². The Labute approximate surface area is 67.5 Å².